The summed E-state index contributed by atoms with van der Waals surface area (Å²) in [5, 5.41) is 6.98. The Labute approximate surface area is 144 Å². The molecule has 25 heavy (non-hydrogen) atoms. The Morgan fingerprint density at radius 3 is 2.76 bits per heavy atom. The van der Waals surface area contributed by atoms with Crippen LogP contribution in [0.15, 0.2) is 30.9 Å². The molecule has 1 atom stereocenters. The van der Waals surface area contributed by atoms with Gasteiger partial charge >= 0.3 is 6.03 Å². The predicted molar refractivity (Wildman–Crippen MR) is 88.0 cm³/mol. The van der Waals surface area contributed by atoms with Crippen LogP contribution in [0.5, 0.6) is 0 Å². The van der Waals surface area contributed by atoms with Crippen LogP contribution in [0.3, 0.4) is 0 Å². The van der Waals surface area contributed by atoms with Gasteiger partial charge in [0.25, 0.3) is 0 Å². The highest BCUT2D eigenvalue weighted by atomic mass is 19.1. The summed E-state index contributed by atoms with van der Waals surface area (Å²) >= 11 is 0. The Hall–Kier alpha value is -2.51. The maximum absolute atomic E-state index is 13.8. The lowest BCUT2D eigenvalue weighted by Gasteiger charge is -2.32. The van der Waals surface area contributed by atoms with Gasteiger partial charge in [0.05, 0.1) is 6.04 Å². The van der Waals surface area contributed by atoms with Gasteiger partial charge in [-0.3, -0.25) is 0 Å². The maximum atomic E-state index is 13.8. The van der Waals surface area contributed by atoms with Gasteiger partial charge in [0.2, 0.25) is 0 Å². The molecule has 1 fully saturated rings. The molecule has 2 amide bonds. The third-order valence-electron chi connectivity index (χ3n) is 4.62. The Balaban J connectivity index is 1.48. The second-order valence-corrected chi connectivity index (χ2v) is 6.35. The van der Waals surface area contributed by atoms with Crippen molar-refractivity contribution in [2.75, 3.05) is 19.6 Å². The van der Waals surface area contributed by atoms with Crippen molar-refractivity contribution in [1.82, 2.24) is 25.0 Å². The number of halogens is 2. The van der Waals surface area contributed by atoms with Crippen LogP contribution < -0.4 is 5.32 Å². The summed E-state index contributed by atoms with van der Waals surface area (Å²) in [6.07, 6.45) is 4.84. The molecule has 1 aromatic carbocycles. The van der Waals surface area contributed by atoms with E-state index in [-0.39, 0.29) is 18.0 Å². The maximum Gasteiger partial charge on any atom is 0.317 e. The largest absolute Gasteiger partial charge is 0.337 e. The topological polar surface area (TPSA) is 63.1 Å². The van der Waals surface area contributed by atoms with Gasteiger partial charge < -0.3 is 10.2 Å². The molecule has 0 radical (unpaired) electrons. The van der Waals surface area contributed by atoms with E-state index < -0.39 is 11.6 Å². The van der Waals surface area contributed by atoms with Crippen LogP contribution in [-0.4, -0.2) is 45.3 Å². The molecule has 0 spiro atoms. The number of rotatable bonds is 4. The Morgan fingerprint density at radius 2 is 2.12 bits per heavy atom. The molecule has 1 aliphatic rings. The Bertz CT molecular complexity index is 714. The molecular formula is C17H21F2N5O. The minimum absolute atomic E-state index is 0.161. The van der Waals surface area contributed by atoms with Crippen molar-refractivity contribution in [3.05, 3.63) is 48.1 Å². The highest BCUT2D eigenvalue weighted by molar-refractivity contribution is 5.74. The van der Waals surface area contributed by atoms with Crippen molar-refractivity contribution in [2.24, 2.45) is 0 Å². The first-order valence-electron chi connectivity index (χ1n) is 8.36. The fourth-order valence-electron chi connectivity index (χ4n) is 3.10. The molecule has 0 saturated carbocycles. The van der Waals surface area contributed by atoms with E-state index in [0.29, 0.717) is 25.2 Å². The molecule has 0 aliphatic carbocycles. The van der Waals surface area contributed by atoms with E-state index in [1.54, 1.807) is 18.2 Å². The third kappa shape index (κ3) is 4.12. The minimum Gasteiger partial charge on any atom is -0.337 e. The van der Waals surface area contributed by atoms with Crippen molar-refractivity contribution in [3.8, 4) is 0 Å². The molecule has 2 aromatic rings. The van der Waals surface area contributed by atoms with Crippen LogP contribution in [0.25, 0.3) is 0 Å². The SMILES string of the molecule is C[C@@H](CNC(=O)N1CCC(n2cncn2)CC1)c1ccc(F)cc1F. The van der Waals surface area contributed by atoms with Gasteiger partial charge in [0, 0.05) is 31.6 Å². The van der Waals surface area contributed by atoms with Crippen LogP contribution >= 0.6 is 0 Å². The van der Waals surface area contributed by atoms with Gasteiger partial charge in [-0.1, -0.05) is 13.0 Å². The zero-order valence-electron chi connectivity index (χ0n) is 14.0. The summed E-state index contributed by atoms with van der Waals surface area (Å²) in [6.45, 7) is 3.36. The van der Waals surface area contributed by atoms with E-state index in [2.05, 4.69) is 15.4 Å². The first kappa shape index (κ1) is 17.3. The molecule has 0 bridgehead atoms. The summed E-state index contributed by atoms with van der Waals surface area (Å²) in [6, 6.07) is 3.62. The van der Waals surface area contributed by atoms with E-state index in [0.717, 1.165) is 18.9 Å². The lowest BCUT2D eigenvalue weighted by molar-refractivity contribution is 0.168. The van der Waals surface area contributed by atoms with E-state index in [4.69, 9.17) is 0 Å². The average Bonchev–Trinajstić information content (AvgIpc) is 3.14. The fraction of sp³-hybridized carbons (Fsp3) is 0.471. The third-order valence-corrected chi connectivity index (χ3v) is 4.62. The molecule has 1 aromatic heterocycles. The average molecular weight is 349 g/mol. The predicted octanol–water partition coefficient (Wildman–Crippen LogP) is 2.71. The fourth-order valence-corrected chi connectivity index (χ4v) is 3.10. The lowest BCUT2D eigenvalue weighted by atomic mass is 10.0. The molecule has 1 N–H and O–H groups in total. The molecule has 1 saturated heterocycles. The number of urea groups is 1. The summed E-state index contributed by atoms with van der Waals surface area (Å²) in [5.41, 5.74) is 0.395. The normalized spacial score (nSPS) is 16.7. The first-order chi connectivity index (χ1) is 12.0. The molecule has 1 aliphatic heterocycles. The van der Waals surface area contributed by atoms with Gasteiger partial charge in [0.15, 0.2) is 0 Å². The Kier molecular flexibility index (Phi) is 5.25. The Morgan fingerprint density at radius 1 is 1.36 bits per heavy atom. The molecular weight excluding hydrogens is 328 g/mol. The number of nitrogens with zero attached hydrogens (tertiary/aromatic N) is 4. The number of hydrogen-bond donors (Lipinski definition) is 1. The summed E-state index contributed by atoms with van der Waals surface area (Å²) in [4.78, 5) is 18.0. The van der Waals surface area contributed by atoms with Crippen molar-refractivity contribution < 1.29 is 13.6 Å². The summed E-state index contributed by atoms with van der Waals surface area (Å²) < 4.78 is 28.6. The van der Waals surface area contributed by atoms with E-state index in [1.165, 1.54) is 18.5 Å². The number of carbonyl (C=O) groups excluding carboxylic acids is 1. The second-order valence-electron chi connectivity index (χ2n) is 6.35. The standard InChI is InChI=1S/C17H21F2N5O/c1-12(15-3-2-13(18)8-16(15)19)9-21-17(25)23-6-4-14(5-7-23)24-11-20-10-22-24/h2-3,8,10-12,14H,4-7,9H2,1H3,(H,21,25)/t12-/m0/s1. The zero-order valence-corrected chi connectivity index (χ0v) is 14.0. The second kappa shape index (κ2) is 7.58. The van der Waals surface area contributed by atoms with Gasteiger partial charge in [-0.15, -0.1) is 0 Å². The van der Waals surface area contributed by atoms with E-state index in [1.807, 2.05) is 4.68 Å². The quantitative estimate of drug-likeness (QED) is 0.923. The number of likely N-dealkylation sites (tertiary alicyclic amines) is 1. The number of benzene rings is 1. The van der Waals surface area contributed by atoms with Crippen LogP contribution in [0.1, 0.15) is 37.3 Å². The van der Waals surface area contributed by atoms with Crippen LogP contribution in [-0.2, 0) is 0 Å². The summed E-state index contributed by atoms with van der Waals surface area (Å²) in [5.74, 6) is -1.43. The number of amides is 2. The van der Waals surface area contributed by atoms with Gasteiger partial charge in [-0.05, 0) is 24.5 Å². The molecule has 2 heterocycles. The van der Waals surface area contributed by atoms with Crippen molar-refractivity contribution >= 4 is 6.03 Å². The number of hydrogen-bond acceptors (Lipinski definition) is 3. The van der Waals surface area contributed by atoms with Crippen molar-refractivity contribution in [2.45, 2.75) is 31.7 Å². The number of aromatic nitrogens is 3. The van der Waals surface area contributed by atoms with E-state index in [9.17, 15) is 13.6 Å². The monoisotopic (exact) mass is 349 g/mol. The minimum atomic E-state index is -0.604. The summed E-state index contributed by atoms with van der Waals surface area (Å²) in [7, 11) is 0. The smallest absolute Gasteiger partial charge is 0.317 e. The molecule has 0 unspecified atom stereocenters. The number of piperidine rings is 1. The zero-order chi connectivity index (χ0) is 17.8. The van der Waals surface area contributed by atoms with Gasteiger partial charge in [-0.2, -0.15) is 5.10 Å². The highest BCUT2D eigenvalue weighted by Crippen LogP contribution is 2.22. The highest BCUT2D eigenvalue weighted by Gasteiger charge is 2.24. The van der Waals surface area contributed by atoms with Crippen LogP contribution in [0.4, 0.5) is 13.6 Å². The first-order valence-corrected chi connectivity index (χ1v) is 8.36. The molecule has 134 valence electrons. The number of nitrogens with one attached hydrogen (secondary N) is 1. The van der Waals surface area contributed by atoms with Gasteiger partial charge in [0.1, 0.15) is 24.3 Å². The van der Waals surface area contributed by atoms with Crippen LogP contribution in [0.2, 0.25) is 0 Å². The number of carbonyl (C=O) groups is 1. The van der Waals surface area contributed by atoms with Crippen LogP contribution in [0, 0.1) is 11.6 Å². The molecule has 8 heteroatoms. The molecule has 3 rings (SSSR count). The van der Waals surface area contributed by atoms with Crippen molar-refractivity contribution in [3.63, 3.8) is 0 Å². The van der Waals surface area contributed by atoms with Gasteiger partial charge in [-0.25, -0.2) is 23.2 Å². The lowest BCUT2D eigenvalue weighted by Crippen LogP contribution is -2.45. The van der Waals surface area contributed by atoms with Crippen molar-refractivity contribution in [1.29, 1.82) is 0 Å². The molecule has 6 nitrogen and oxygen atoms in total. The van der Waals surface area contributed by atoms with E-state index >= 15 is 0 Å².